The summed E-state index contributed by atoms with van der Waals surface area (Å²) in [5, 5.41) is -0.652. The van der Waals surface area contributed by atoms with Crippen LogP contribution in [0.4, 0.5) is 8.78 Å². The van der Waals surface area contributed by atoms with Gasteiger partial charge in [-0.15, -0.1) is 11.6 Å². The van der Waals surface area contributed by atoms with Gasteiger partial charge in [0.25, 0.3) is 0 Å². The van der Waals surface area contributed by atoms with Gasteiger partial charge in [0.2, 0.25) is 0 Å². The minimum atomic E-state index is -0.652. The van der Waals surface area contributed by atoms with Gasteiger partial charge in [0.1, 0.15) is 11.6 Å². The summed E-state index contributed by atoms with van der Waals surface area (Å²) in [6.07, 6.45) is 0. The molecule has 0 bridgehead atoms. The van der Waals surface area contributed by atoms with E-state index in [1.807, 2.05) is 25.1 Å². The van der Waals surface area contributed by atoms with Gasteiger partial charge in [-0.1, -0.05) is 34.1 Å². The first kappa shape index (κ1) is 13.5. The fourth-order valence-electron chi connectivity index (χ4n) is 1.71. The predicted octanol–water partition coefficient (Wildman–Crippen LogP) is 5.36. The van der Waals surface area contributed by atoms with Gasteiger partial charge in [-0.2, -0.15) is 0 Å². The van der Waals surface area contributed by atoms with Crippen molar-refractivity contribution in [2.24, 2.45) is 0 Å². The summed E-state index contributed by atoms with van der Waals surface area (Å²) in [5.41, 5.74) is 2.10. The molecular formula is C14H10BrClF2. The standard InChI is InChI=1S/C14H10BrClF2/c1-8-2-4-10(12(15)6-8)14(16)11-5-3-9(17)7-13(11)18/h2-7,14H,1H3. The van der Waals surface area contributed by atoms with Gasteiger partial charge in [-0.25, -0.2) is 8.78 Å². The van der Waals surface area contributed by atoms with E-state index in [1.165, 1.54) is 12.1 Å². The third kappa shape index (κ3) is 2.73. The highest BCUT2D eigenvalue weighted by molar-refractivity contribution is 9.10. The van der Waals surface area contributed by atoms with Crippen LogP contribution in [0, 0.1) is 18.6 Å². The van der Waals surface area contributed by atoms with Crippen LogP contribution in [0.5, 0.6) is 0 Å². The van der Waals surface area contributed by atoms with E-state index < -0.39 is 17.0 Å². The first-order valence-electron chi connectivity index (χ1n) is 5.34. The summed E-state index contributed by atoms with van der Waals surface area (Å²) in [7, 11) is 0. The Bertz CT molecular complexity index is 533. The van der Waals surface area contributed by atoms with Gasteiger partial charge in [-0.05, 0) is 30.2 Å². The van der Waals surface area contributed by atoms with Gasteiger partial charge < -0.3 is 0 Å². The number of benzene rings is 2. The third-order valence-corrected chi connectivity index (χ3v) is 3.82. The van der Waals surface area contributed by atoms with Crippen LogP contribution in [-0.4, -0.2) is 0 Å². The second-order valence-corrected chi connectivity index (χ2v) is 5.34. The molecule has 1 unspecified atom stereocenters. The molecule has 0 radical (unpaired) electrons. The molecule has 0 N–H and O–H groups in total. The van der Waals surface area contributed by atoms with Crippen LogP contribution in [-0.2, 0) is 0 Å². The molecule has 0 saturated carbocycles. The van der Waals surface area contributed by atoms with Crippen LogP contribution in [0.15, 0.2) is 40.9 Å². The van der Waals surface area contributed by atoms with Gasteiger partial charge in [0.15, 0.2) is 0 Å². The zero-order valence-electron chi connectivity index (χ0n) is 9.55. The Hall–Kier alpha value is -0.930. The summed E-state index contributed by atoms with van der Waals surface area (Å²) >= 11 is 9.66. The molecule has 94 valence electrons. The molecule has 1 atom stereocenters. The van der Waals surface area contributed by atoms with Crippen LogP contribution in [0.2, 0.25) is 0 Å². The lowest BCUT2D eigenvalue weighted by Crippen LogP contribution is -1.99. The Labute approximate surface area is 118 Å². The Morgan fingerprint density at radius 2 is 1.72 bits per heavy atom. The summed E-state index contributed by atoms with van der Waals surface area (Å²) in [5.74, 6) is -1.24. The average molecular weight is 332 g/mol. The van der Waals surface area contributed by atoms with Crippen LogP contribution in [0.3, 0.4) is 0 Å². The number of hydrogen-bond donors (Lipinski definition) is 0. The van der Waals surface area contributed by atoms with Crippen molar-refractivity contribution in [2.75, 3.05) is 0 Å². The summed E-state index contributed by atoms with van der Waals surface area (Å²) in [6.45, 7) is 1.95. The van der Waals surface area contributed by atoms with E-state index in [0.717, 1.165) is 21.7 Å². The van der Waals surface area contributed by atoms with Crippen LogP contribution < -0.4 is 0 Å². The van der Waals surface area contributed by atoms with Crippen LogP contribution in [0.1, 0.15) is 22.1 Å². The predicted molar refractivity (Wildman–Crippen MR) is 72.9 cm³/mol. The van der Waals surface area contributed by atoms with Crippen molar-refractivity contribution in [2.45, 2.75) is 12.3 Å². The molecule has 0 aromatic heterocycles. The van der Waals surface area contributed by atoms with E-state index in [1.54, 1.807) is 0 Å². The molecule has 0 heterocycles. The summed E-state index contributed by atoms with van der Waals surface area (Å²) in [4.78, 5) is 0. The number of aryl methyl sites for hydroxylation is 1. The van der Waals surface area contributed by atoms with Gasteiger partial charge in [-0.3, -0.25) is 0 Å². The Balaban J connectivity index is 2.44. The van der Waals surface area contributed by atoms with E-state index in [2.05, 4.69) is 15.9 Å². The Morgan fingerprint density at radius 3 is 2.33 bits per heavy atom. The molecule has 0 fully saturated rings. The molecule has 0 nitrogen and oxygen atoms in total. The monoisotopic (exact) mass is 330 g/mol. The van der Waals surface area contributed by atoms with E-state index in [4.69, 9.17) is 11.6 Å². The maximum absolute atomic E-state index is 13.7. The van der Waals surface area contributed by atoms with Crippen LogP contribution in [0.25, 0.3) is 0 Å². The second kappa shape index (κ2) is 5.37. The largest absolute Gasteiger partial charge is 0.207 e. The molecule has 0 aliphatic heterocycles. The first-order chi connectivity index (χ1) is 8.49. The van der Waals surface area contributed by atoms with Gasteiger partial charge in [0, 0.05) is 16.1 Å². The molecule has 0 amide bonds. The highest BCUT2D eigenvalue weighted by Gasteiger charge is 2.18. The minimum Gasteiger partial charge on any atom is -0.207 e. The quantitative estimate of drug-likeness (QED) is 0.650. The highest BCUT2D eigenvalue weighted by Crippen LogP contribution is 2.35. The van der Waals surface area contributed by atoms with Gasteiger partial charge in [0.05, 0.1) is 5.38 Å². The summed E-state index contributed by atoms with van der Waals surface area (Å²) in [6, 6.07) is 9.06. The molecule has 2 rings (SSSR count). The fourth-order valence-corrected chi connectivity index (χ4v) is 2.93. The van der Waals surface area contributed by atoms with E-state index in [0.29, 0.717) is 0 Å². The zero-order valence-corrected chi connectivity index (χ0v) is 11.9. The van der Waals surface area contributed by atoms with Crippen molar-refractivity contribution in [1.82, 2.24) is 0 Å². The SMILES string of the molecule is Cc1ccc(C(Cl)c2ccc(F)cc2F)c(Br)c1. The summed E-state index contributed by atoms with van der Waals surface area (Å²) < 4.78 is 27.3. The van der Waals surface area contributed by atoms with E-state index in [-0.39, 0.29) is 5.56 Å². The molecule has 2 aromatic carbocycles. The lowest BCUT2D eigenvalue weighted by Gasteiger charge is -2.13. The van der Waals surface area contributed by atoms with E-state index >= 15 is 0 Å². The lowest BCUT2D eigenvalue weighted by atomic mass is 10.0. The normalized spacial score (nSPS) is 12.5. The third-order valence-electron chi connectivity index (χ3n) is 2.66. The topological polar surface area (TPSA) is 0 Å². The first-order valence-corrected chi connectivity index (χ1v) is 6.57. The van der Waals surface area contributed by atoms with Crippen molar-refractivity contribution < 1.29 is 8.78 Å². The molecule has 4 heteroatoms. The molecular weight excluding hydrogens is 322 g/mol. The lowest BCUT2D eigenvalue weighted by molar-refractivity contribution is 0.573. The second-order valence-electron chi connectivity index (χ2n) is 4.05. The number of rotatable bonds is 2. The van der Waals surface area contributed by atoms with Crippen molar-refractivity contribution in [3.63, 3.8) is 0 Å². The maximum atomic E-state index is 13.7. The average Bonchev–Trinajstić information content (AvgIpc) is 2.28. The van der Waals surface area contributed by atoms with Crippen molar-refractivity contribution in [3.8, 4) is 0 Å². The van der Waals surface area contributed by atoms with Crippen molar-refractivity contribution >= 4 is 27.5 Å². The minimum absolute atomic E-state index is 0.266. The smallest absolute Gasteiger partial charge is 0.131 e. The van der Waals surface area contributed by atoms with Crippen molar-refractivity contribution in [3.05, 3.63) is 69.2 Å². The fraction of sp³-hybridized carbons (Fsp3) is 0.143. The zero-order chi connectivity index (χ0) is 13.3. The highest BCUT2D eigenvalue weighted by atomic mass is 79.9. The molecule has 0 saturated heterocycles. The van der Waals surface area contributed by atoms with Crippen molar-refractivity contribution in [1.29, 1.82) is 0 Å². The maximum Gasteiger partial charge on any atom is 0.131 e. The molecule has 2 aromatic rings. The number of hydrogen-bond acceptors (Lipinski definition) is 0. The Morgan fingerprint density at radius 1 is 1.06 bits per heavy atom. The number of alkyl halides is 1. The van der Waals surface area contributed by atoms with E-state index in [9.17, 15) is 8.78 Å². The Kier molecular flexibility index (Phi) is 4.03. The molecule has 0 aliphatic carbocycles. The van der Waals surface area contributed by atoms with Gasteiger partial charge >= 0.3 is 0 Å². The molecule has 0 spiro atoms. The number of halogens is 4. The molecule has 18 heavy (non-hydrogen) atoms. The molecule has 0 aliphatic rings. The van der Waals surface area contributed by atoms with Crippen LogP contribution >= 0.6 is 27.5 Å².